The Balaban J connectivity index is 3.52. The van der Waals surface area contributed by atoms with E-state index in [1.165, 1.54) is 193 Å². The van der Waals surface area contributed by atoms with E-state index in [0.717, 1.165) is 38.5 Å². The zero-order valence-electron chi connectivity index (χ0n) is 37.4. The number of hydrogen-bond acceptors (Lipinski definition) is 5. The molecule has 0 aromatic heterocycles. The highest BCUT2D eigenvalue weighted by Gasteiger charge is 2.28. The van der Waals surface area contributed by atoms with Crippen molar-refractivity contribution in [3.63, 3.8) is 0 Å². The van der Waals surface area contributed by atoms with Gasteiger partial charge in [0.15, 0.2) is 0 Å². The first-order valence-corrected chi connectivity index (χ1v) is 24.7. The molecule has 0 aliphatic heterocycles. The molecule has 0 saturated carbocycles. The van der Waals surface area contributed by atoms with Crippen LogP contribution in [-0.4, -0.2) is 57.3 Å². The SMILES string of the molecule is CCCCC/C=C/CCCC(O)C(O)C(CO)NC(=O)C(O)CCCCCCCCCCCCCCCCCC/C=C\CCCCCCCCCCCCCC. The van der Waals surface area contributed by atoms with Crippen LogP contribution < -0.4 is 5.32 Å². The molecule has 4 atom stereocenters. The van der Waals surface area contributed by atoms with Gasteiger partial charge in [-0.05, 0) is 64.2 Å². The van der Waals surface area contributed by atoms with Crippen molar-refractivity contribution >= 4 is 5.91 Å². The molecule has 0 aliphatic rings. The minimum absolute atomic E-state index is 0.365. The summed E-state index contributed by atoms with van der Waals surface area (Å²) >= 11 is 0. The minimum Gasteiger partial charge on any atom is -0.394 e. The van der Waals surface area contributed by atoms with Gasteiger partial charge < -0.3 is 25.7 Å². The smallest absolute Gasteiger partial charge is 0.249 e. The van der Waals surface area contributed by atoms with Gasteiger partial charge in [-0.1, -0.05) is 218 Å². The lowest BCUT2D eigenvalue weighted by molar-refractivity contribution is -0.132. The number of carbonyl (C=O) groups is 1. The zero-order chi connectivity index (χ0) is 41.0. The van der Waals surface area contributed by atoms with E-state index in [9.17, 15) is 25.2 Å². The van der Waals surface area contributed by atoms with Crippen LogP contribution in [0.3, 0.4) is 0 Å². The molecule has 1 amide bonds. The summed E-state index contributed by atoms with van der Waals surface area (Å²) in [7, 11) is 0. The number of unbranched alkanes of at least 4 members (excludes halogenated alkanes) is 32. The van der Waals surface area contributed by atoms with Crippen molar-refractivity contribution in [3.05, 3.63) is 24.3 Å². The predicted molar refractivity (Wildman–Crippen MR) is 242 cm³/mol. The third kappa shape index (κ3) is 38.3. The Kier molecular flexibility index (Phi) is 43.9. The molecule has 0 rings (SSSR count). The number of aliphatic hydroxyl groups excluding tert-OH is 4. The van der Waals surface area contributed by atoms with Gasteiger partial charge in [0.25, 0.3) is 0 Å². The van der Waals surface area contributed by atoms with E-state index in [1.807, 2.05) is 0 Å². The van der Waals surface area contributed by atoms with Gasteiger partial charge in [0.05, 0.1) is 18.8 Å². The highest BCUT2D eigenvalue weighted by atomic mass is 16.3. The summed E-state index contributed by atoms with van der Waals surface area (Å²) in [6.45, 7) is 3.99. The number of hydrogen-bond donors (Lipinski definition) is 5. The van der Waals surface area contributed by atoms with E-state index in [0.29, 0.717) is 12.8 Å². The Bertz CT molecular complexity index is 847. The van der Waals surface area contributed by atoms with Gasteiger partial charge in [-0.15, -0.1) is 0 Å². The van der Waals surface area contributed by atoms with Crippen molar-refractivity contribution in [2.45, 2.75) is 282 Å². The Morgan fingerprint density at radius 3 is 1.11 bits per heavy atom. The molecule has 5 N–H and O–H groups in total. The lowest BCUT2D eigenvalue weighted by Crippen LogP contribution is -2.53. The summed E-state index contributed by atoms with van der Waals surface area (Å²) in [4.78, 5) is 12.5. The molecular formula is C50H97NO5. The second-order valence-electron chi connectivity index (χ2n) is 17.2. The fourth-order valence-electron chi connectivity index (χ4n) is 7.69. The van der Waals surface area contributed by atoms with Crippen molar-refractivity contribution in [1.82, 2.24) is 5.32 Å². The van der Waals surface area contributed by atoms with Crippen LogP contribution in [0.5, 0.6) is 0 Å². The number of amides is 1. The molecule has 0 saturated heterocycles. The second kappa shape index (κ2) is 44.9. The summed E-state index contributed by atoms with van der Waals surface area (Å²) in [5, 5.41) is 43.4. The lowest BCUT2D eigenvalue weighted by Gasteiger charge is -2.27. The van der Waals surface area contributed by atoms with E-state index in [4.69, 9.17) is 0 Å². The van der Waals surface area contributed by atoms with Gasteiger partial charge >= 0.3 is 0 Å². The van der Waals surface area contributed by atoms with E-state index >= 15 is 0 Å². The van der Waals surface area contributed by atoms with Crippen molar-refractivity contribution in [2.24, 2.45) is 0 Å². The topological polar surface area (TPSA) is 110 Å². The van der Waals surface area contributed by atoms with Crippen LogP contribution in [0.1, 0.15) is 258 Å². The number of aliphatic hydroxyl groups is 4. The Morgan fingerprint density at radius 1 is 0.429 bits per heavy atom. The molecule has 0 fully saturated rings. The maximum absolute atomic E-state index is 12.5. The normalized spacial score (nSPS) is 14.2. The predicted octanol–water partition coefficient (Wildman–Crippen LogP) is 13.5. The van der Waals surface area contributed by atoms with Crippen molar-refractivity contribution < 1.29 is 25.2 Å². The minimum atomic E-state index is -1.28. The third-order valence-corrected chi connectivity index (χ3v) is 11.6. The van der Waals surface area contributed by atoms with Crippen LogP contribution in [0, 0.1) is 0 Å². The highest BCUT2D eigenvalue weighted by molar-refractivity contribution is 5.80. The molecule has 0 aliphatic carbocycles. The zero-order valence-corrected chi connectivity index (χ0v) is 37.4. The molecular weight excluding hydrogens is 695 g/mol. The van der Waals surface area contributed by atoms with Crippen molar-refractivity contribution in [2.75, 3.05) is 6.61 Å². The number of rotatable bonds is 45. The van der Waals surface area contributed by atoms with E-state index in [1.54, 1.807) is 0 Å². The molecule has 6 heteroatoms. The van der Waals surface area contributed by atoms with E-state index < -0.39 is 36.9 Å². The van der Waals surface area contributed by atoms with Gasteiger partial charge in [0, 0.05) is 0 Å². The highest BCUT2D eigenvalue weighted by Crippen LogP contribution is 2.17. The second-order valence-corrected chi connectivity index (χ2v) is 17.2. The quantitative estimate of drug-likeness (QED) is 0.0312. The van der Waals surface area contributed by atoms with E-state index in [-0.39, 0.29) is 0 Å². The third-order valence-electron chi connectivity index (χ3n) is 11.6. The molecule has 0 bridgehead atoms. The molecule has 0 spiro atoms. The average molecular weight is 792 g/mol. The van der Waals surface area contributed by atoms with Crippen LogP contribution in [0.25, 0.3) is 0 Å². The first-order valence-electron chi connectivity index (χ1n) is 24.7. The van der Waals surface area contributed by atoms with Gasteiger partial charge in [0.1, 0.15) is 12.2 Å². The standard InChI is InChI=1S/C50H97NO5/c1-3-5-7-9-11-13-14-15-16-17-18-19-20-21-22-23-24-25-26-27-28-29-30-31-32-33-34-35-36-38-40-42-44-48(54)50(56)51-46(45-52)49(55)47(53)43-41-39-37-12-10-8-6-4-2/h12,21-22,37,46-49,52-55H,3-11,13-20,23-36,38-45H2,1-2H3,(H,51,56)/b22-21-,37-12+. The molecule has 56 heavy (non-hydrogen) atoms. The Morgan fingerprint density at radius 2 is 0.732 bits per heavy atom. The van der Waals surface area contributed by atoms with Crippen LogP contribution in [0.15, 0.2) is 24.3 Å². The van der Waals surface area contributed by atoms with Crippen molar-refractivity contribution in [1.29, 1.82) is 0 Å². The Hall–Kier alpha value is -1.21. The maximum Gasteiger partial charge on any atom is 0.249 e. The fourth-order valence-corrected chi connectivity index (χ4v) is 7.69. The monoisotopic (exact) mass is 792 g/mol. The number of nitrogens with one attached hydrogen (secondary N) is 1. The van der Waals surface area contributed by atoms with Gasteiger partial charge in [0.2, 0.25) is 5.91 Å². The number of allylic oxidation sites excluding steroid dienone is 4. The first kappa shape index (κ1) is 54.8. The van der Waals surface area contributed by atoms with Crippen molar-refractivity contribution in [3.8, 4) is 0 Å². The molecule has 0 aromatic rings. The van der Waals surface area contributed by atoms with Gasteiger partial charge in [-0.25, -0.2) is 0 Å². The summed E-state index contributed by atoms with van der Waals surface area (Å²) in [6.07, 6.45) is 52.7. The molecule has 6 nitrogen and oxygen atoms in total. The fraction of sp³-hybridized carbons (Fsp3) is 0.900. The summed E-state index contributed by atoms with van der Waals surface area (Å²) < 4.78 is 0. The summed E-state index contributed by atoms with van der Waals surface area (Å²) in [5.41, 5.74) is 0. The number of carbonyl (C=O) groups excluding carboxylic acids is 1. The van der Waals surface area contributed by atoms with E-state index in [2.05, 4.69) is 43.5 Å². The Labute approximate surface area is 348 Å². The maximum atomic E-state index is 12.5. The largest absolute Gasteiger partial charge is 0.394 e. The molecule has 0 aromatic carbocycles. The molecule has 4 unspecified atom stereocenters. The lowest BCUT2D eigenvalue weighted by atomic mass is 10.00. The van der Waals surface area contributed by atoms with Gasteiger partial charge in [-0.3, -0.25) is 4.79 Å². The first-order chi connectivity index (χ1) is 27.5. The molecule has 0 radical (unpaired) electrons. The van der Waals surface area contributed by atoms with Crippen LogP contribution in [0.4, 0.5) is 0 Å². The van der Waals surface area contributed by atoms with Crippen LogP contribution in [0.2, 0.25) is 0 Å². The molecule has 0 heterocycles. The summed E-state index contributed by atoms with van der Waals surface area (Å²) in [6, 6.07) is -0.997. The average Bonchev–Trinajstić information content (AvgIpc) is 3.20. The van der Waals surface area contributed by atoms with Crippen LogP contribution in [-0.2, 0) is 4.79 Å². The summed E-state index contributed by atoms with van der Waals surface area (Å²) in [5.74, 6) is -0.594. The van der Waals surface area contributed by atoms with Gasteiger partial charge in [-0.2, -0.15) is 0 Å². The van der Waals surface area contributed by atoms with Crippen LogP contribution >= 0.6 is 0 Å². The molecule has 332 valence electrons.